The fraction of sp³-hybridized carbons (Fsp3) is 0.800. The molecule has 1 fully saturated rings. The van der Waals surface area contributed by atoms with Gasteiger partial charge in [0.25, 0.3) is 5.91 Å². The lowest BCUT2D eigenvalue weighted by atomic mass is 10.1. The first kappa shape index (κ1) is 14.5. The molecule has 0 saturated carbocycles. The summed E-state index contributed by atoms with van der Waals surface area (Å²) < 4.78 is 4.72. The van der Waals surface area contributed by atoms with Gasteiger partial charge in [-0.2, -0.15) is 0 Å². The Morgan fingerprint density at radius 1 is 1.41 bits per heavy atom. The standard InChI is InChI=1S/C10H16Cl2N2O3/c1-17-6-8(15)13-7-2-4-14(5-3-7)10(16)9(11)12/h7,9H,2-6H2,1H3,(H,13,15). The zero-order valence-electron chi connectivity index (χ0n) is 9.62. The summed E-state index contributed by atoms with van der Waals surface area (Å²) in [5.74, 6) is -0.403. The van der Waals surface area contributed by atoms with E-state index in [2.05, 4.69) is 5.32 Å². The maximum Gasteiger partial charge on any atom is 0.255 e. The number of halogens is 2. The summed E-state index contributed by atoms with van der Waals surface area (Å²) in [6.45, 7) is 1.18. The van der Waals surface area contributed by atoms with Crippen LogP contribution in [0.15, 0.2) is 0 Å². The van der Waals surface area contributed by atoms with Crippen molar-refractivity contribution in [1.29, 1.82) is 0 Å². The number of nitrogens with zero attached hydrogens (tertiary/aromatic N) is 1. The number of amides is 2. The fourth-order valence-electron chi connectivity index (χ4n) is 1.78. The maximum atomic E-state index is 11.5. The monoisotopic (exact) mass is 282 g/mol. The Morgan fingerprint density at radius 2 is 2.00 bits per heavy atom. The molecule has 0 atom stereocenters. The third-order valence-corrected chi connectivity index (χ3v) is 3.01. The van der Waals surface area contributed by atoms with Gasteiger partial charge >= 0.3 is 0 Å². The molecule has 0 spiro atoms. The Hall–Kier alpha value is -0.520. The molecule has 1 rings (SSSR count). The van der Waals surface area contributed by atoms with E-state index < -0.39 is 4.84 Å². The van der Waals surface area contributed by atoms with Crippen LogP contribution < -0.4 is 5.32 Å². The SMILES string of the molecule is COCC(=O)NC1CCN(C(=O)C(Cl)Cl)CC1. The molecule has 0 radical (unpaired) electrons. The Kier molecular flexibility index (Phi) is 6.02. The van der Waals surface area contributed by atoms with Crippen LogP contribution in [0.3, 0.4) is 0 Å². The van der Waals surface area contributed by atoms with Crippen molar-refractivity contribution in [2.24, 2.45) is 0 Å². The fourth-order valence-corrected chi connectivity index (χ4v) is 2.06. The van der Waals surface area contributed by atoms with Crippen molar-refractivity contribution in [1.82, 2.24) is 10.2 Å². The number of methoxy groups -OCH3 is 1. The Balaban J connectivity index is 2.31. The first-order valence-corrected chi connectivity index (χ1v) is 6.27. The van der Waals surface area contributed by atoms with Crippen LogP contribution in [0.4, 0.5) is 0 Å². The van der Waals surface area contributed by atoms with E-state index in [1.54, 1.807) is 4.90 Å². The Labute approximate surface area is 110 Å². The van der Waals surface area contributed by atoms with Gasteiger partial charge in [-0.1, -0.05) is 23.2 Å². The quantitative estimate of drug-likeness (QED) is 0.766. The van der Waals surface area contributed by atoms with Crippen molar-refractivity contribution in [3.05, 3.63) is 0 Å². The molecule has 2 amide bonds. The van der Waals surface area contributed by atoms with Gasteiger partial charge in [-0.05, 0) is 12.8 Å². The molecule has 0 aliphatic carbocycles. The van der Waals surface area contributed by atoms with Gasteiger partial charge in [0.05, 0.1) is 0 Å². The molecule has 0 aromatic heterocycles. The highest BCUT2D eigenvalue weighted by Gasteiger charge is 2.26. The molecule has 98 valence electrons. The Bertz CT molecular complexity index is 279. The molecule has 1 aliphatic rings. The van der Waals surface area contributed by atoms with Gasteiger partial charge in [0.1, 0.15) is 6.61 Å². The smallest absolute Gasteiger partial charge is 0.255 e. The van der Waals surface area contributed by atoms with E-state index in [9.17, 15) is 9.59 Å². The second-order valence-corrected chi connectivity index (χ2v) is 5.00. The van der Waals surface area contributed by atoms with E-state index in [1.807, 2.05) is 0 Å². The largest absolute Gasteiger partial charge is 0.375 e. The van der Waals surface area contributed by atoms with E-state index in [0.29, 0.717) is 25.9 Å². The molecular weight excluding hydrogens is 267 g/mol. The summed E-state index contributed by atoms with van der Waals surface area (Å²) in [6.07, 6.45) is 1.42. The number of carbonyl (C=O) groups is 2. The second-order valence-electron chi connectivity index (χ2n) is 3.90. The molecule has 0 aromatic carbocycles. The van der Waals surface area contributed by atoms with Gasteiger partial charge < -0.3 is 15.0 Å². The third kappa shape index (κ3) is 4.69. The van der Waals surface area contributed by atoms with E-state index in [4.69, 9.17) is 27.9 Å². The number of rotatable bonds is 4. The van der Waals surface area contributed by atoms with Crippen molar-refractivity contribution >= 4 is 35.0 Å². The number of likely N-dealkylation sites (tertiary alicyclic amines) is 1. The van der Waals surface area contributed by atoms with E-state index in [1.165, 1.54) is 7.11 Å². The van der Waals surface area contributed by atoms with Crippen LogP contribution >= 0.6 is 23.2 Å². The molecule has 1 N–H and O–H groups in total. The summed E-state index contributed by atoms with van der Waals surface area (Å²) >= 11 is 11.0. The average Bonchev–Trinajstić information content (AvgIpc) is 2.29. The third-order valence-electron chi connectivity index (χ3n) is 2.63. The summed E-state index contributed by atoms with van der Waals surface area (Å²) in [7, 11) is 1.47. The molecule has 1 saturated heterocycles. The van der Waals surface area contributed by atoms with Gasteiger partial charge in [0, 0.05) is 26.2 Å². The van der Waals surface area contributed by atoms with E-state index in [-0.39, 0.29) is 24.5 Å². The van der Waals surface area contributed by atoms with Crippen LogP contribution in [0.2, 0.25) is 0 Å². The molecule has 5 nitrogen and oxygen atoms in total. The number of carbonyl (C=O) groups excluding carboxylic acids is 2. The molecule has 17 heavy (non-hydrogen) atoms. The number of hydrogen-bond acceptors (Lipinski definition) is 3. The van der Waals surface area contributed by atoms with Crippen LogP contribution in [0.1, 0.15) is 12.8 Å². The van der Waals surface area contributed by atoms with Gasteiger partial charge in [0.2, 0.25) is 5.91 Å². The highest BCUT2D eigenvalue weighted by atomic mass is 35.5. The number of piperidine rings is 1. The first-order chi connectivity index (χ1) is 8.04. The highest BCUT2D eigenvalue weighted by molar-refractivity contribution is 6.53. The lowest BCUT2D eigenvalue weighted by molar-refractivity contribution is -0.130. The molecule has 1 aliphatic heterocycles. The van der Waals surface area contributed by atoms with Crippen molar-refractivity contribution < 1.29 is 14.3 Å². The molecule has 1 heterocycles. The highest BCUT2D eigenvalue weighted by Crippen LogP contribution is 2.14. The summed E-state index contributed by atoms with van der Waals surface area (Å²) in [5, 5.41) is 2.84. The van der Waals surface area contributed by atoms with Crippen LogP contribution in [0.5, 0.6) is 0 Å². The number of hydrogen-bond donors (Lipinski definition) is 1. The zero-order chi connectivity index (χ0) is 12.8. The topological polar surface area (TPSA) is 58.6 Å². The van der Waals surface area contributed by atoms with Gasteiger partial charge in [-0.15, -0.1) is 0 Å². The predicted molar refractivity (Wildman–Crippen MR) is 65.1 cm³/mol. The Morgan fingerprint density at radius 3 is 2.47 bits per heavy atom. The normalized spacial score (nSPS) is 17.3. The molecule has 7 heteroatoms. The number of alkyl halides is 2. The number of ether oxygens (including phenoxy) is 1. The number of nitrogens with one attached hydrogen (secondary N) is 1. The summed E-state index contributed by atoms with van der Waals surface area (Å²) in [5.41, 5.74) is 0. The van der Waals surface area contributed by atoms with Crippen LogP contribution in [-0.4, -0.2) is 54.4 Å². The van der Waals surface area contributed by atoms with Gasteiger partial charge in [0.15, 0.2) is 4.84 Å². The lowest BCUT2D eigenvalue weighted by Crippen LogP contribution is -2.48. The minimum absolute atomic E-state index is 0.0601. The summed E-state index contributed by atoms with van der Waals surface area (Å²) in [6, 6.07) is 0.0887. The minimum Gasteiger partial charge on any atom is -0.375 e. The van der Waals surface area contributed by atoms with Gasteiger partial charge in [-0.25, -0.2) is 0 Å². The lowest BCUT2D eigenvalue weighted by Gasteiger charge is -2.32. The van der Waals surface area contributed by atoms with Gasteiger partial charge in [-0.3, -0.25) is 9.59 Å². The van der Waals surface area contributed by atoms with Crippen molar-refractivity contribution in [2.75, 3.05) is 26.8 Å². The van der Waals surface area contributed by atoms with Crippen LogP contribution in [0, 0.1) is 0 Å². The van der Waals surface area contributed by atoms with Crippen LogP contribution in [0.25, 0.3) is 0 Å². The van der Waals surface area contributed by atoms with E-state index in [0.717, 1.165) is 0 Å². The second kappa shape index (κ2) is 7.03. The predicted octanol–water partition coefficient (Wildman–Crippen LogP) is 0.544. The average molecular weight is 283 g/mol. The molecular formula is C10H16Cl2N2O3. The van der Waals surface area contributed by atoms with Crippen molar-refractivity contribution in [3.8, 4) is 0 Å². The maximum absolute atomic E-state index is 11.5. The molecule has 0 unspecified atom stereocenters. The molecule has 0 aromatic rings. The zero-order valence-corrected chi connectivity index (χ0v) is 11.1. The minimum atomic E-state index is -1.00. The van der Waals surface area contributed by atoms with Crippen molar-refractivity contribution in [3.63, 3.8) is 0 Å². The first-order valence-electron chi connectivity index (χ1n) is 5.40. The van der Waals surface area contributed by atoms with Crippen LogP contribution in [-0.2, 0) is 14.3 Å². The summed E-state index contributed by atoms with van der Waals surface area (Å²) in [4.78, 5) is 23.4. The molecule has 0 bridgehead atoms. The van der Waals surface area contributed by atoms with Crippen molar-refractivity contribution in [2.45, 2.75) is 23.7 Å². The van der Waals surface area contributed by atoms with E-state index >= 15 is 0 Å².